The molecular weight excluding hydrogens is 358 g/mol. The van der Waals surface area contributed by atoms with Gasteiger partial charge >= 0.3 is 6.09 Å². The molecule has 9 heteroatoms. The Bertz CT molecular complexity index is 531. The lowest BCUT2D eigenvalue weighted by Crippen LogP contribution is -2.49. The van der Waals surface area contributed by atoms with Crippen molar-refractivity contribution in [1.29, 1.82) is 0 Å². The van der Waals surface area contributed by atoms with Crippen LogP contribution in [0.2, 0.25) is 0 Å². The molecule has 7 nitrogen and oxygen atoms in total. The fourth-order valence-corrected chi connectivity index (χ4v) is 4.18. The normalized spacial score (nSPS) is 15.9. The SMILES string of the molecule is CCNC(=NCCCSc1nccs1)NC1CCN(C(=O)OC)CC1. The van der Waals surface area contributed by atoms with Crippen molar-refractivity contribution in [2.45, 2.75) is 36.6 Å². The Labute approximate surface area is 157 Å². The Balaban J connectivity index is 1.69. The van der Waals surface area contributed by atoms with E-state index < -0.39 is 0 Å². The van der Waals surface area contributed by atoms with Crippen molar-refractivity contribution in [3.8, 4) is 0 Å². The van der Waals surface area contributed by atoms with Crippen LogP contribution in [0.25, 0.3) is 0 Å². The second-order valence-corrected chi connectivity index (χ2v) is 7.87. The van der Waals surface area contributed by atoms with Gasteiger partial charge in [-0.15, -0.1) is 11.3 Å². The Morgan fingerprint density at radius 2 is 2.32 bits per heavy atom. The summed E-state index contributed by atoms with van der Waals surface area (Å²) in [6, 6.07) is 0.336. The quantitative estimate of drug-likeness (QED) is 0.325. The van der Waals surface area contributed by atoms with Gasteiger partial charge in [-0.05, 0) is 26.2 Å². The van der Waals surface area contributed by atoms with Gasteiger partial charge in [0.1, 0.15) is 4.34 Å². The molecule has 1 amide bonds. The third-order valence-electron chi connectivity index (χ3n) is 3.82. The number of thiazole rings is 1. The number of likely N-dealkylation sites (tertiary alicyclic amines) is 1. The molecule has 140 valence electrons. The molecule has 0 unspecified atom stereocenters. The molecule has 1 aliphatic rings. The van der Waals surface area contributed by atoms with Gasteiger partial charge in [0.05, 0.1) is 7.11 Å². The molecule has 1 aliphatic heterocycles. The highest BCUT2D eigenvalue weighted by molar-refractivity contribution is 8.00. The molecule has 2 rings (SSSR count). The standard InChI is InChI=1S/C16H27N5O2S2/c1-3-17-14(18-7-4-11-24-15-19-8-12-25-15)20-13-5-9-21(10-6-13)16(22)23-2/h8,12-13H,3-7,9-11H2,1-2H3,(H2,17,18,20). The van der Waals surface area contributed by atoms with E-state index in [1.54, 1.807) is 28.0 Å². The Hall–Kier alpha value is -1.48. The lowest BCUT2D eigenvalue weighted by molar-refractivity contribution is 0.111. The number of rotatable bonds is 7. The summed E-state index contributed by atoms with van der Waals surface area (Å²) in [4.78, 5) is 22.2. The first-order valence-corrected chi connectivity index (χ1v) is 10.5. The number of aliphatic imine (C=N–C) groups is 1. The fraction of sp³-hybridized carbons (Fsp3) is 0.688. The maximum absolute atomic E-state index is 11.5. The first-order chi connectivity index (χ1) is 12.2. The van der Waals surface area contributed by atoms with Crippen LogP contribution in [0.4, 0.5) is 4.79 Å². The third kappa shape index (κ3) is 7.11. The number of piperidine rings is 1. The van der Waals surface area contributed by atoms with E-state index in [4.69, 9.17) is 4.74 Å². The minimum Gasteiger partial charge on any atom is -0.453 e. The fourth-order valence-electron chi connectivity index (χ4n) is 2.55. The van der Waals surface area contributed by atoms with Crippen LogP contribution < -0.4 is 10.6 Å². The minimum atomic E-state index is -0.239. The molecular formula is C16H27N5O2S2. The summed E-state index contributed by atoms with van der Waals surface area (Å²) in [6.45, 7) is 5.12. The lowest BCUT2D eigenvalue weighted by Gasteiger charge is -2.32. The second-order valence-electron chi connectivity index (χ2n) is 5.64. The largest absolute Gasteiger partial charge is 0.453 e. The van der Waals surface area contributed by atoms with Gasteiger partial charge in [-0.2, -0.15) is 0 Å². The van der Waals surface area contributed by atoms with Crippen molar-refractivity contribution in [1.82, 2.24) is 20.5 Å². The van der Waals surface area contributed by atoms with E-state index >= 15 is 0 Å². The average molecular weight is 386 g/mol. The van der Waals surface area contributed by atoms with E-state index in [9.17, 15) is 4.79 Å². The monoisotopic (exact) mass is 385 g/mol. The average Bonchev–Trinajstić information content (AvgIpc) is 3.15. The molecule has 0 spiro atoms. The smallest absolute Gasteiger partial charge is 0.409 e. The van der Waals surface area contributed by atoms with Gasteiger partial charge in [-0.25, -0.2) is 9.78 Å². The van der Waals surface area contributed by atoms with Crippen LogP contribution in [0.5, 0.6) is 0 Å². The van der Waals surface area contributed by atoms with E-state index in [1.165, 1.54) is 7.11 Å². The molecule has 0 radical (unpaired) electrons. The number of ether oxygens (including phenoxy) is 1. The maximum atomic E-state index is 11.5. The predicted molar refractivity (Wildman–Crippen MR) is 104 cm³/mol. The summed E-state index contributed by atoms with van der Waals surface area (Å²) >= 11 is 3.46. The zero-order valence-electron chi connectivity index (χ0n) is 14.9. The third-order valence-corrected chi connectivity index (χ3v) is 5.87. The van der Waals surface area contributed by atoms with Crippen LogP contribution >= 0.6 is 23.1 Å². The number of hydrogen-bond acceptors (Lipinski definition) is 6. The zero-order chi connectivity index (χ0) is 17.9. The lowest BCUT2D eigenvalue weighted by atomic mass is 10.1. The van der Waals surface area contributed by atoms with Crippen molar-refractivity contribution in [3.63, 3.8) is 0 Å². The number of thioether (sulfide) groups is 1. The number of aromatic nitrogens is 1. The summed E-state index contributed by atoms with van der Waals surface area (Å²) in [5.74, 6) is 1.88. The highest BCUT2D eigenvalue weighted by Gasteiger charge is 2.23. The molecule has 2 heterocycles. The van der Waals surface area contributed by atoms with Crippen LogP contribution in [-0.2, 0) is 4.74 Å². The number of guanidine groups is 1. The molecule has 1 aromatic heterocycles. The van der Waals surface area contributed by atoms with Gasteiger partial charge in [0.15, 0.2) is 5.96 Å². The number of methoxy groups -OCH3 is 1. The molecule has 2 N–H and O–H groups in total. The molecule has 1 saturated heterocycles. The van der Waals surface area contributed by atoms with E-state index in [-0.39, 0.29) is 6.09 Å². The molecule has 0 saturated carbocycles. The summed E-state index contributed by atoms with van der Waals surface area (Å²) in [6.07, 6.45) is 4.42. The summed E-state index contributed by atoms with van der Waals surface area (Å²) in [7, 11) is 1.43. The number of hydrogen-bond donors (Lipinski definition) is 2. The van der Waals surface area contributed by atoms with Crippen molar-refractivity contribution in [3.05, 3.63) is 11.6 Å². The van der Waals surface area contributed by atoms with E-state index in [0.717, 1.165) is 48.4 Å². The highest BCUT2D eigenvalue weighted by atomic mass is 32.2. The van der Waals surface area contributed by atoms with Gasteiger partial charge in [0.25, 0.3) is 0 Å². The summed E-state index contributed by atoms with van der Waals surface area (Å²) in [5, 5.41) is 8.78. The van der Waals surface area contributed by atoms with Crippen molar-refractivity contribution < 1.29 is 9.53 Å². The summed E-state index contributed by atoms with van der Waals surface area (Å²) in [5.41, 5.74) is 0. The number of amides is 1. The Morgan fingerprint density at radius 1 is 1.52 bits per heavy atom. The summed E-state index contributed by atoms with van der Waals surface area (Å²) < 4.78 is 5.89. The van der Waals surface area contributed by atoms with Crippen LogP contribution in [0.1, 0.15) is 26.2 Å². The van der Waals surface area contributed by atoms with Crippen LogP contribution in [-0.4, -0.2) is 67.0 Å². The van der Waals surface area contributed by atoms with Gasteiger partial charge in [0, 0.05) is 49.6 Å². The molecule has 1 fully saturated rings. The van der Waals surface area contributed by atoms with Crippen molar-refractivity contribution >= 4 is 35.2 Å². The molecule has 0 aliphatic carbocycles. The first kappa shape index (κ1) is 19.8. The van der Waals surface area contributed by atoms with Crippen LogP contribution in [0.3, 0.4) is 0 Å². The topological polar surface area (TPSA) is 78.9 Å². The first-order valence-electron chi connectivity index (χ1n) is 8.63. The minimum absolute atomic E-state index is 0.239. The number of nitrogens with zero attached hydrogens (tertiary/aromatic N) is 3. The molecule has 1 aromatic rings. The van der Waals surface area contributed by atoms with E-state index in [0.29, 0.717) is 19.1 Å². The van der Waals surface area contributed by atoms with Gasteiger partial charge in [0.2, 0.25) is 0 Å². The van der Waals surface area contributed by atoms with Crippen LogP contribution in [0, 0.1) is 0 Å². The van der Waals surface area contributed by atoms with Gasteiger partial charge in [-0.3, -0.25) is 4.99 Å². The molecule has 25 heavy (non-hydrogen) atoms. The molecule has 0 atom stereocenters. The van der Waals surface area contributed by atoms with E-state index in [1.807, 2.05) is 11.6 Å². The second kappa shape index (κ2) is 11.2. The number of carbonyl (C=O) groups excluding carboxylic acids is 1. The predicted octanol–water partition coefficient (Wildman–Crippen LogP) is 2.41. The maximum Gasteiger partial charge on any atom is 0.409 e. The Morgan fingerprint density at radius 3 is 2.96 bits per heavy atom. The highest BCUT2D eigenvalue weighted by Crippen LogP contribution is 2.20. The van der Waals surface area contributed by atoms with Gasteiger partial charge in [-0.1, -0.05) is 11.8 Å². The van der Waals surface area contributed by atoms with Crippen LogP contribution in [0.15, 0.2) is 20.9 Å². The molecule has 0 bridgehead atoms. The Kier molecular flexibility index (Phi) is 8.89. The van der Waals surface area contributed by atoms with Crippen molar-refractivity contribution in [2.24, 2.45) is 4.99 Å². The van der Waals surface area contributed by atoms with Crippen molar-refractivity contribution in [2.75, 3.05) is 39.0 Å². The number of carbonyl (C=O) groups is 1. The van der Waals surface area contributed by atoms with E-state index in [2.05, 4.69) is 27.5 Å². The number of nitrogens with one attached hydrogen (secondary N) is 2. The molecule has 0 aromatic carbocycles. The zero-order valence-corrected chi connectivity index (χ0v) is 16.5. The van der Waals surface area contributed by atoms with Gasteiger partial charge < -0.3 is 20.3 Å².